The van der Waals surface area contributed by atoms with E-state index in [9.17, 15) is 29.4 Å². The second-order valence-electron chi connectivity index (χ2n) is 23.6. The van der Waals surface area contributed by atoms with E-state index in [1.165, 1.54) is 44.5 Å². The van der Waals surface area contributed by atoms with E-state index in [1.54, 1.807) is 31.2 Å². The van der Waals surface area contributed by atoms with Crippen LogP contribution in [-0.2, 0) is 38.0 Å². The lowest BCUT2D eigenvalue weighted by atomic mass is 9.69. The first-order chi connectivity index (χ1) is 36.7. The maximum absolute atomic E-state index is 12.3. The van der Waals surface area contributed by atoms with Gasteiger partial charge in [0.25, 0.3) is 11.6 Å². The van der Waals surface area contributed by atoms with Crippen molar-refractivity contribution in [2.45, 2.75) is 178 Å². The fourth-order valence-corrected chi connectivity index (χ4v) is 11.1. The van der Waals surface area contributed by atoms with Crippen LogP contribution in [0.4, 0.5) is 0 Å². The van der Waals surface area contributed by atoms with Crippen LogP contribution in [0.15, 0.2) is 121 Å². The number of rotatable bonds is 21. The van der Waals surface area contributed by atoms with Gasteiger partial charge in [-0.1, -0.05) is 191 Å². The molecule has 0 aromatic heterocycles. The van der Waals surface area contributed by atoms with E-state index in [2.05, 4.69) is 170 Å². The summed E-state index contributed by atoms with van der Waals surface area (Å²) in [7, 11) is 0. The Hall–Kier alpha value is -6.48. The summed E-state index contributed by atoms with van der Waals surface area (Å²) in [5.74, 6) is -3.79. The molecule has 0 aliphatic rings. The number of carboxylic acids is 1. The van der Waals surface area contributed by atoms with Crippen molar-refractivity contribution in [3.8, 4) is 22.3 Å². The van der Waals surface area contributed by atoms with Gasteiger partial charge in [-0.2, -0.15) is 0 Å². The van der Waals surface area contributed by atoms with Gasteiger partial charge in [-0.05, 0) is 175 Å². The van der Waals surface area contributed by atoms with Gasteiger partial charge < -0.3 is 20.1 Å². The van der Waals surface area contributed by atoms with Crippen LogP contribution >= 0.6 is 0 Å². The van der Waals surface area contributed by atoms with Crippen LogP contribution in [0.5, 0.6) is 0 Å². The monoisotopic (exact) mass is 1060 g/mol. The highest BCUT2D eigenvalue weighted by Gasteiger charge is 2.34. The average molecular weight is 1060 g/mol. The van der Waals surface area contributed by atoms with Gasteiger partial charge in [0, 0.05) is 22.0 Å². The van der Waals surface area contributed by atoms with Gasteiger partial charge in [-0.15, -0.1) is 0 Å². The van der Waals surface area contributed by atoms with E-state index in [0.717, 1.165) is 84.7 Å². The van der Waals surface area contributed by atoms with Crippen molar-refractivity contribution in [1.82, 2.24) is 0 Å². The SMILES string of the molecule is CCC(CC)(c1ccc(CCC(O)C(C)(C)C)c(C)c1)c1ccc(-c2ccc(C(=O)C(=O)O)cc2)c(C)c1.CCOC(=O)C(=O)c1ccc(-c2ccc(C(CC)(CC)c3ccc(CCC(O)C(C)(C)C)c(C)c3)cc2C)cc1. The number of aliphatic hydroxyl groups is 2. The van der Waals surface area contributed by atoms with Crippen LogP contribution in [0, 0.1) is 38.5 Å². The topological polar surface area (TPSA) is 138 Å². The number of carbonyl (C=O) groups excluding carboxylic acids is 3. The number of ketones is 2. The number of aliphatic hydroxyl groups excluding tert-OH is 2. The van der Waals surface area contributed by atoms with Crippen LogP contribution in [0.1, 0.15) is 191 Å². The lowest BCUT2D eigenvalue weighted by Crippen LogP contribution is -2.27. The Kier molecular flexibility index (Phi) is 21.1. The van der Waals surface area contributed by atoms with Crippen molar-refractivity contribution in [3.63, 3.8) is 0 Å². The molecule has 0 aliphatic heterocycles. The number of carboxylic acid groups (broad SMARTS) is 1. The smallest absolute Gasteiger partial charge is 0.379 e. The predicted octanol–water partition coefficient (Wildman–Crippen LogP) is 15.8. The Labute approximate surface area is 466 Å². The zero-order valence-electron chi connectivity index (χ0n) is 49.4. The molecule has 6 rings (SSSR count). The van der Waals surface area contributed by atoms with Crippen LogP contribution in [-0.4, -0.2) is 57.6 Å². The minimum Gasteiger partial charge on any atom is -0.475 e. The highest BCUT2D eigenvalue weighted by Crippen LogP contribution is 2.43. The van der Waals surface area contributed by atoms with E-state index in [0.29, 0.717) is 5.56 Å². The first-order valence-electron chi connectivity index (χ1n) is 28.2. The number of Topliss-reactive ketones (excluding diaryl/α,β-unsaturated/α-hetero) is 2. The number of carbonyl (C=O) groups is 4. The molecule has 6 aromatic rings. The summed E-state index contributed by atoms with van der Waals surface area (Å²) in [6, 6.07) is 40.9. The van der Waals surface area contributed by atoms with Gasteiger partial charge in [0.1, 0.15) is 0 Å². The molecule has 2 atom stereocenters. The first-order valence-corrected chi connectivity index (χ1v) is 28.2. The molecule has 0 saturated heterocycles. The number of aliphatic carboxylic acids is 1. The zero-order chi connectivity index (χ0) is 57.9. The summed E-state index contributed by atoms with van der Waals surface area (Å²) < 4.78 is 4.84. The highest BCUT2D eigenvalue weighted by atomic mass is 16.5. The number of hydrogen-bond donors (Lipinski definition) is 3. The largest absolute Gasteiger partial charge is 0.475 e. The molecule has 0 spiro atoms. The normalized spacial score (nSPS) is 12.8. The molecule has 0 bridgehead atoms. The molecule has 0 aliphatic carbocycles. The Bertz CT molecular complexity index is 3030. The predicted molar refractivity (Wildman–Crippen MR) is 319 cm³/mol. The number of hydrogen-bond acceptors (Lipinski definition) is 7. The van der Waals surface area contributed by atoms with Crippen molar-refractivity contribution in [2.75, 3.05) is 6.61 Å². The molecule has 0 saturated carbocycles. The number of ether oxygens (including phenoxy) is 1. The molecule has 0 heterocycles. The molecular weight excluding hydrogens is 969 g/mol. The zero-order valence-corrected chi connectivity index (χ0v) is 49.4. The molecular formula is C70H88O8. The Morgan fingerprint density at radius 2 is 0.769 bits per heavy atom. The fourth-order valence-electron chi connectivity index (χ4n) is 11.1. The molecule has 2 unspecified atom stereocenters. The summed E-state index contributed by atoms with van der Waals surface area (Å²) in [6.45, 7) is 31.9. The lowest BCUT2D eigenvalue weighted by Gasteiger charge is -2.34. The van der Waals surface area contributed by atoms with Gasteiger partial charge in [0.05, 0.1) is 18.8 Å². The van der Waals surface area contributed by atoms with Crippen molar-refractivity contribution < 1.29 is 39.2 Å². The van der Waals surface area contributed by atoms with Crippen LogP contribution in [0.25, 0.3) is 22.3 Å². The third-order valence-electron chi connectivity index (χ3n) is 16.7. The maximum atomic E-state index is 12.3. The van der Waals surface area contributed by atoms with Crippen molar-refractivity contribution >= 4 is 23.5 Å². The third kappa shape index (κ3) is 14.4. The molecule has 0 fully saturated rings. The average Bonchev–Trinajstić information content (AvgIpc) is 3.46. The van der Waals surface area contributed by atoms with Gasteiger partial charge in [-0.3, -0.25) is 9.59 Å². The summed E-state index contributed by atoms with van der Waals surface area (Å²) in [5, 5.41) is 30.0. The standard InChI is InChI=1S/C36H46O4.C34H42O4/c1-9-36(10-2,29-18-16-26(24(4)22-29)17-21-32(37)35(6,7)8)30-19-20-31(25(5)23-30)27-12-14-28(15-13-27)33(38)34(39)40-11-3;1-8-34(9-2,27-16-14-24(22(3)20-27)15-19-30(35)33(5,6)7)28-17-18-29(23(4)21-28)25-10-12-26(13-11-25)31(36)32(37)38/h12-16,18-20,22-23,32,37H,9-11,17,21H2,1-8H3;10-14,16-18,20-21,30,35H,8-9,15,19H2,1-7H3,(H,37,38). The van der Waals surface area contributed by atoms with Gasteiger partial charge >= 0.3 is 11.9 Å². The Morgan fingerprint density at radius 1 is 0.449 bits per heavy atom. The summed E-state index contributed by atoms with van der Waals surface area (Å²) in [5.41, 5.74) is 16.8. The molecule has 6 aromatic carbocycles. The molecule has 0 radical (unpaired) electrons. The van der Waals surface area contributed by atoms with E-state index < -0.39 is 23.5 Å². The number of benzene rings is 6. The maximum Gasteiger partial charge on any atom is 0.379 e. The van der Waals surface area contributed by atoms with Crippen LogP contribution in [0.2, 0.25) is 0 Å². The molecule has 78 heavy (non-hydrogen) atoms. The fraction of sp³-hybridized carbons (Fsp3) is 0.429. The van der Waals surface area contributed by atoms with E-state index in [4.69, 9.17) is 9.84 Å². The first kappa shape index (κ1) is 62.4. The summed E-state index contributed by atoms with van der Waals surface area (Å²) in [4.78, 5) is 46.8. The molecule has 0 amide bonds. The Morgan fingerprint density at radius 3 is 1.05 bits per heavy atom. The molecule has 8 nitrogen and oxygen atoms in total. The number of aryl methyl sites for hydroxylation is 6. The highest BCUT2D eigenvalue weighted by molar-refractivity contribution is 6.40. The summed E-state index contributed by atoms with van der Waals surface area (Å²) in [6.07, 6.45) is 6.48. The van der Waals surface area contributed by atoms with Crippen LogP contribution in [0.3, 0.4) is 0 Å². The molecule has 416 valence electrons. The van der Waals surface area contributed by atoms with Crippen molar-refractivity contribution in [2.24, 2.45) is 10.8 Å². The van der Waals surface area contributed by atoms with E-state index in [-0.39, 0.29) is 46.0 Å². The third-order valence-corrected chi connectivity index (χ3v) is 16.7. The second-order valence-corrected chi connectivity index (χ2v) is 23.6. The van der Waals surface area contributed by atoms with E-state index >= 15 is 0 Å². The van der Waals surface area contributed by atoms with Gasteiger partial charge in [0.15, 0.2) is 0 Å². The van der Waals surface area contributed by atoms with Crippen molar-refractivity contribution in [1.29, 1.82) is 0 Å². The minimum absolute atomic E-state index is 0.104. The molecule has 8 heteroatoms. The van der Waals surface area contributed by atoms with E-state index in [1.807, 2.05) is 24.3 Å². The lowest BCUT2D eigenvalue weighted by molar-refractivity contribution is -0.137. The Balaban J connectivity index is 0.000000288. The minimum atomic E-state index is -1.44. The molecule has 3 N–H and O–H groups in total. The van der Waals surface area contributed by atoms with Crippen LogP contribution < -0.4 is 0 Å². The quantitative estimate of drug-likeness (QED) is 0.0368. The van der Waals surface area contributed by atoms with Gasteiger partial charge in [-0.25, -0.2) is 9.59 Å². The summed E-state index contributed by atoms with van der Waals surface area (Å²) >= 11 is 0. The van der Waals surface area contributed by atoms with Gasteiger partial charge in [0.2, 0.25) is 0 Å². The van der Waals surface area contributed by atoms with Crippen molar-refractivity contribution in [3.05, 3.63) is 188 Å². The second kappa shape index (κ2) is 26.4. The number of esters is 1.